The molecule has 16 heteroatoms. The van der Waals surface area contributed by atoms with Gasteiger partial charge in [0.2, 0.25) is 15.9 Å². The van der Waals surface area contributed by atoms with Gasteiger partial charge in [0.25, 0.3) is 5.91 Å². The second-order valence-corrected chi connectivity index (χ2v) is 24.4. The molecule has 1 spiro atoms. The number of methoxy groups -OCH3 is 1. The van der Waals surface area contributed by atoms with Crippen LogP contribution in [0.25, 0.3) is 0 Å². The lowest BCUT2D eigenvalue weighted by molar-refractivity contribution is -0.136. The first-order valence-electron chi connectivity index (χ1n) is 23.7. The number of hydrogen-bond donors (Lipinski definition) is 1. The normalized spacial score (nSPS) is 31.0. The molecule has 356 valence electrons. The summed E-state index contributed by atoms with van der Waals surface area (Å²) in [5, 5.41) is -0.136. The van der Waals surface area contributed by atoms with Crippen LogP contribution in [-0.4, -0.2) is 139 Å². The molecule has 3 aromatic rings. The SMILES string of the molecule is CO[C@@]1(CN2CCN3CCN(C(=O)CCS(=O)(=O)c4ccccc4)C[C@H]3C2)/C=C\C[C@H](C)[C@@H](C)S(=O)(=O)NC(=O)c2ccc3c(c2)N(C[C@@H]2CC[C@H]21)C[C@@]1(CCCc2cc(Cl)ccc21)CO3. The zero-order chi connectivity index (χ0) is 46.4. The molecule has 1 N–H and O–H groups in total. The largest absolute Gasteiger partial charge is 0.490 e. The number of nitrogens with zero attached hydrogens (tertiary/aromatic N) is 4. The Kier molecular flexibility index (Phi) is 13.4. The molecule has 2 amide bonds. The van der Waals surface area contributed by atoms with Gasteiger partial charge in [0.15, 0.2) is 9.84 Å². The number of amides is 2. The molecule has 1 saturated carbocycles. The topological polar surface area (TPSA) is 146 Å². The summed E-state index contributed by atoms with van der Waals surface area (Å²) in [6.07, 6.45) is 9.50. The minimum Gasteiger partial charge on any atom is -0.490 e. The van der Waals surface area contributed by atoms with E-state index in [-0.39, 0.29) is 57.8 Å². The van der Waals surface area contributed by atoms with Crippen LogP contribution in [0.2, 0.25) is 5.02 Å². The minimum atomic E-state index is -4.04. The number of sulfone groups is 1. The highest BCUT2D eigenvalue weighted by Gasteiger charge is 2.50. The summed E-state index contributed by atoms with van der Waals surface area (Å²) in [6.45, 7) is 10.2. The summed E-state index contributed by atoms with van der Waals surface area (Å²) in [7, 11) is -5.82. The molecular weight excluding hydrogens is 898 g/mol. The number of benzene rings is 3. The molecule has 0 unspecified atom stereocenters. The number of rotatable bonds is 7. The lowest BCUT2D eigenvalue weighted by atomic mass is 9.63. The Morgan fingerprint density at radius 1 is 0.985 bits per heavy atom. The second kappa shape index (κ2) is 18.8. The number of ether oxygens (including phenoxy) is 2. The van der Waals surface area contributed by atoms with Crippen LogP contribution in [0.4, 0.5) is 5.69 Å². The smallest absolute Gasteiger partial charge is 0.264 e. The van der Waals surface area contributed by atoms with Crippen LogP contribution in [0.3, 0.4) is 0 Å². The Bertz CT molecular complexity index is 2560. The number of hydrogen-bond acceptors (Lipinski definition) is 11. The zero-order valence-corrected chi connectivity index (χ0v) is 40.8. The van der Waals surface area contributed by atoms with Crippen LogP contribution in [0, 0.1) is 17.8 Å². The van der Waals surface area contributed by atoms with Gasteiger partial charge < -0.3 is 19.3 Å². The lowest BCUT2D eigenvalue weighted by Crippen LogP contribution is -2.65. The number of allylic oxidation sites excluding steroid dienone is 1. The predicted octanol–water partition coefficient (Wildman–Crippen LogP) is 5.96. The van der Waals surface area contributed by atoms with Crippen molar-refractivity contribution in [3.05, 3.63) is 101 Å². The maximum Gasteiger partial charge on any atom is 0.264 e. The summed E-state index contributed by atoms with van der Waals surface area (Å²) in [5.41, 5.74) is 2.48. The van der Waals surface area contributed by atoms with Gasteiger partial charge in [-0.05, 0) is 117 Å². The van der Waals surface area contributed by atoms with Crippen molar-refractivity contribution in [3.63, 3.8) is 0 Å². The molecule has 0 radical (unpaired) electrons. The molecule has 13 nitrogen and oxygen atoms in total. The van der Waals surface area contributed by atoms with E-state index >= 15 is 0 Å². The van der Waals surface area contributed by atoms with Crippen molar-refractivity contribution < 1.29 is 35.9 Å². The van der Waals surface area contributed by atoms with Gasteiger partial charge in [0.05, 0.1) is 28.2 Å². The minimum absolute atomic E-state index is 0.0596. The Morgan fingerprint density at radius 3 is 2.56 bits per heavy atom. The molecule has 4 aliphatic heterocycles. The molecule has 4 heterocycles. The molecule has 3 aromatic carbocycles. The van der Waals surface area contributed by atoms with Crippen molar-refractivity contribution in [1.82, 2.24) is 19.4 Å². The van der Waals surface area contributed by atoms with Crippen LogP contribution in [0.5, 0.6) is 5.75 Å². The number of piperazine rings is 2. The highest BCUT2D eigenvalue weighted by molar-refractivity contribution is 7.91. The number of carbonyl (C=O) groups is 2. The molecule has 66 heavy (non-hydrogen) atoms. The Hall–Kier alpha value is -3.99. The monoisotopic (exact) mass is 961 g/mol. The van der Waals surface area contributed by atoms with E-state index in [1.807, 2.05) is 30.0 Å². The summed E-state index contributed by atoms with van der Waals surface area (Å²) >= 11 is 6.54. The number of nitrogens with one attached hydrogen (secondary N) is 1. The van der Waals surface area contributed by atoms with Gasteiger partial charge >= 0.3 is 0 Å². The number of anilines is 1. The first kappa shape index (κ1) is 47.1. The van der Waals surface area contributed by atoms with Crippen molar-refractivity contribution in [2.75, 3.05) is 83.3 Å². The van der Waals surface area contributed by atoms with Gasteiger partial charge in [-0.1, -0.05) is 54.9 Å². The fourth-order valence-corrected chi connectivity index (χ4v) is 14.4. The third kappa shape index (κ3) is 9.41. The lowest BCUT2D eigenvalue weighted by Gasteiger charge is -2.53. The van der Waals surface area contributed by atoms with Crippen molar-refractivity contribution >= 4 is 49.0 Å². The number of carbonyl (C=O) groups excluding carboxylic acids is 2. The number of halogens is 1. The van der Waals surface area contributed by atoms with E-state index in [4.69, 9.17) is 21.1 Å². The fourth-order valence-electron chi connectivity index (χ4n) is 11.7. The average molecular weight is 963 g/mol. The molecule has 9 rings (SSSR count). The van der Waals surface area contributed by atoms with Gasteiger partial charge in [0.1, 0.15) is 11.4 Å². The standard InChI is InChI=1S/C50H64ClN5O8S2/c1-35-9-7-21-50(63-3,33-53-22-23-54-24-25-55(31-41(54)30-53)47(57)19-26-65(59,60)42-11-5-4-6-12-42)44-16-13-39(44)29-56-32-49(20-8-10-37-27-40(51)15-17-43(37)49)34-64-46-18-14-38(28-45(46)56)48(58)52-66(61,62)36(35)2/h4-7,11-12,14-15,17-18,21,27-28,35-36,39,41,44H,8-10,13,16,19-20,22-26,29-34H2,1-3H3,(H,52,58)/b21-7-/t35-,36+,39-,41+,44+,49-,50+/m0/s1. The van der Waals surface area contributed by atoms with Gasteiger partial charge in [0, 0.05) is 94.5 Å². The van der Waals surface area contributed by atoms with Crippen LogP contribution in [0.15, 0.2) is 83.8 Å². The summed E-state index contributed by atoms with van der Waals surface area (Å²) in [6, 6.07) is 19.9. The Morgan fingerprint density at radius 2 is 1.79 bits per heavy atom. The van der Waals surface area contributed by atoms with E-state index in [9.17, 15) is 26.4 Å². The van der Waals surface area contributed by atoms with E-state index < -0.39 is 36.6 Å². The Balaban J connectivity index is 0.998. The quantitative estimate of drug-likeness (QED) is 0.280. The van der Waals surface area contributed by atoms with E-state index in [1.54, 1.807) is 50.4 Å². The van der Waals surface area contributed by atoms with Crippen LogP contribution in [0.1, 0.15) is 73.9 Å². The van der Waals surface area contributed by atoms with E-state index in [0.717, 1.165) is 64.0 Å². The molecule has 3 fully saturated rings. The molecule has 7 atom stereocenters. The Labute approximate surface area is 395 Å². The molecule has 2 bridgehead atoms. The average Bonchev–Trinajstić information content (AvgIpc) is 3.45. The summed E-state index contributed by atoms with van der Waals surface area (Å²) < 4.78 is 69.5. The summed E-state index contributed by atoms with van der Waals surface area (Å²) in [4.78, 5) is 36.7. The van der Waals surface area contributed by atoms with Crippen LogP contribution >= 0.6 is 11.6 Å². The fraction of sp³-hybridized carbons (Fsp3) is 0.560. The molecule has 6 aliphatic rings. The van der Waals surface area contributed by atoms with Crippen LogP contribution in [-0.2, 0) is 41.2 Å². The molecule has 0 aromatic heterocycles. The molecule has 2 saturated heterocycles. The third-order valence-corrected chi connectivity index (χ3v) is 19.8. The van der Waals surface area contributed by atoms with E-state index in [0.29, 0.717) is 56.5 Å². The van der Waals surface area contributed by atoms with Crippen molar-refractivity contribution in [2.45, 2.75) is 86.0 Å². The van der Waals surface area contributed by atoms with Crippen LogP contribution < -0.4 is 14.4 Å². The number of aryl methyl sites for hydroxylation is 1. The van der Waals surface area contributed by atoms with Gasteiger partial charge in [-0.3, -0.25) is 19.4 Å². The molecular formula is C50H64ClN5O8S2. The third-order valence-electron chi connectivity index (χ3n) is 15.9. The van der Waals surface area contributed by atoms with Crippen molar-refractivity contribution in [3.8, 4) is 5.75 Å². The first-order chi connectivity index (χ1) is 31.6. The second-order valence-electron chi connectivity index (χ2n) is 19.8. The van der Waals surface area contributed by atoms with Gasteiger partial charge in [-0.25, -0.2) is 21.6 Å². The maximum absolute atomic E-state index is 13.8. The predicted molar refractivity (Wildman–Crippen MR) is 256 cm³/mol. The highest BCUT2D eigenvalue weighted by atomic mass is 35.5. The van der Waals surface area contributed by atoms with Crippen molar-refractivity contribution in [1.29, 1.82) is 0 Å². The number of fused-ring (bicyclic) bond motifs is 5. The number of sulfonamides is 1. The maximum atomic E-state index is 13.8. The first-order valence-corrected chi connectivity index (χ1v) is 27.3. The van der Waals surface area contributed by atoms with E-state index in [1.165, 1.54) is 11.1 Å². The molecule has 2 aliphatic carbocycles. The van der Waals surface area contributed by atoms with Crippen molar-refractivity contribution in [2.24, 2.45) is 17.8 Å². The van der Waals surface area contributed by atoms with Gasteiger partial charge in [-0.15, -0.1) is 0 Å². The van der Waals surface area contributed by atoms with Gasteiger partial charge in [-0.2, -0.15) is 0 Å². The van der Waals surface area contributed by atoms with E-state index in [2.05, 4.69) is 43.7 Å². The highest BCUT2D eigenvalue weighted by Crippen LogP contribution is 2.49. The summed E-state index contributed by atoms with van der Waals surface area (Å²) in [5.74, 6) is -0.302. The zero-order valence-electron chi connectivity index (χ0n) is 38.4.